The monoisotopic (exact) mass is 361 g/mol. The number of hydrogen-bond acceptors (Lipinski definition) is 3. The van der Waals surface area contributed by atoms with Gasteiger partial charge in [-0.15, -0.1) is 12.4 Å². The predicted molar refractivity (Wildman–Crippen MR) is 83.6 cm³/mol. The maximum absolute atomic E-state index is 12.3. The molecule has 2 rings (SSSR count). The van der Waals surface area contributed by atoms with E-state index in [0.717, 1.165) is 4.47 Å². The molecule has 0 saturated carbocycles. The molecule has 2 amide bonds. The molecule has 0 bridgehead atoms. The molecule has 7 heteroatoms. The van der Waals surface area contributed by atoms with E-state index in [1.54, 1.807) is 23.1 Å². The van der Waals surface area contributed by atoms with E-state index in [1.165, 1.54) is 0 Å². The number of nitrogens with zero attached hydrogens (tertiary/aromatic N) is 1. The molecule has 0 radical (unpaired) electrons. The van der Waals surface area contributed by atoms with Gasteiger partial charge in [0.05, 0.1) is 5.56 Å². The molecule has 1 aliphatic rings. The molecule has 5 nitrogen and oxygen atoms in total. The van der Waals surface area contributed by atoms with Crippen LogP contribution in [0.5, 0.6) is 0 Å². The summed E-state index contributed by atoms with van der Waals surface area (Å²) in [6.07, 6.45) is 1.25. The average molecular weight is 363 g/mol. The molecular formula is C13H17BrClN3O2. The van der Waals surface area contributed by atoms with E-state index < -0.39 is 0 Å². The lowest BCUT2D eigenvalue weighted by Gasteiger charge is -2.30. The maximum atomic E-state index is 12.3. The van der Waals surface area contributed by atoms with E-state index in [4.69, 9.17) is 11.5 Å². The first-order chi connectivity index (χ1) is 8.99. The number of hydrogen-bond donors (Lipinski definition) is 2. The van der Waals surface area contributed by atoms with Crippen molar-refractivity contribution in [1.82, 2.24) is 4.90 Å². The molecule has 0 unspecified atom stereocenters. The largest absolute Gasteiger partial charge is 0.398 e. The van der Waals surface area contributed by atoms with Crippen molar-refractivity contribution in [3.05, 3.63) is 28.2 Å². The lowest BCUT2D eigenvalue weighted by atomic mass is 9.96. The van der Waals surface area contributed by atoms with Crippen molar-refractivity contribution >= 4 is 45.8 Å². The van der Waals surface area contributed by atoms with Gasteiger partial charge in [0.15, 0.2) is 0 Å². The Morgan fingerprint density at radius 3 is 2.35 bits per heavy atom. The fraction of sp³-hybridized carbons (Fsp3) is 0.385. The number of primary amides is 1. The van der Waals surface area contributed by atoms with E-state index >= 15 is 0 Å². The van der Waals surface area contributed by atoms with Crippen LogP contribution in [0, 0.1) is 5.92 Å². The molecule has 20 heavy (non-hydrogen) atoms. The van der Waals surface area contributed by atoms with Crippen LogP contribution in [0.15, 0.2) is 22.7 Å². The summed E-state index contributed by atoms with van der Waals surface area (Å²) in [5.74, 6) is -0.491. The first kappa shape index (κ1) is 16.8. The van der Waals surface area contributed by atoms with Crippen LogP contribution >= 0.6 is 28.3 Å². The SMILES string of the molecule is Cl.NC(=O)C1CCN(C(=O)c2ccc(Br)cc2N)CC1. The molecule has 1 aliphatic heterocycles. The summed E-state index contributed by atoms with van der Waals surface area (Å²) in [4.78, 5) is 25.1. The van der Waals surface area contributed by atoms with Gasteiger partial charge < -0.3 is 16.4 Å². The predicted octanol–water partition coefficient (Wildman–Crippen LogP) is 1.79. The van der Waals surface area contributed by atoms with Crippen molar-refractivity contribution in [2.24, 2.45) is 11.7 Å². The van der Waals surface area contributed by atoms with Gasteiger partial charge in [-0.25, -0.2) is 0 Å². The van der Waals surface area contributed by atoms with Crippen LogP contribution in [-0.2, 0) is 4.79 Å². The fourth-order valence-electron chi connectivity index (χ4n) is 2.27. The van der Waals surface area contributed by atoms with E-state index in [9.17, 15) is 9.59 Å². The molecule has 0 aromatic heterocycles. The topological polar surface area (TPSA) is 89.4 Å². The van der Waals surface area contributed by atoms with Crippen molar-refractivity contribution in [3.8, 4) is 0 Å². The summed E-state index contributed by atoms with van der Waals surface area (Å²) >= 11 is 3.31. The van der Waals surface area contributed by atoms with Crippen LogP contribution in [-0.4, -0.2) is 29.8 Å². The normalized spacial score (nSPS) is 15.6. The van der Waals surface area contributed by atoms with Gasteiger partial charge in [-0.05, 0) is 31.0 Å². The Kier molecular flexibility index (Phi) is 5.83. The van der Waals surface area contributed by atoms with Crippen LogP contribution in [0.25, 0.3) is 0 Å². The number of benzene rings is 1. The Hall–Kier alpha value is -1.27. The molecule has 1 fully saturated rings. The second kappa shape index (κ2) is 6.95. The molecule has 0 aliphatic carbocycles. The number of likely N-dealkylation sites (tertiary alicyclic amines) is 1. The Balaban J connectivity index is 0.00000200. The molecule has 0 spiro atoms. The van der Waals surface area contributed by atoms with E-state index in [0.29, 0.717) is 37.2 Å². The summed E-state index contributed by atoms with van der Waals surface area (Å²) in [5, 5.41) is 0. The molecule has 1 aromatic rings. The second-order valence-corrected chi connectivity index (χ2v) is 5.62. The van der Waals surface area contributed by atoms with Gasteiger partial charge in [0.1, 0.15) is 0 Å². The quantitative estimate of drug-likeness (QED) is 0.786. The molecule has 4 N–H and O–H groups in total. The smallest absolute Gasteiger partial charge is 0.255 e. The maximum Gasteiger partial charge on any atom is 0.255 e. The van der Waals surface area contributed by atoms with Crippen LogP contribution in [0.2, 0.25) is 0 Å². The Labute approximate surface area is 132 Å². The summed E-state index contributed by atoms with van der Waals surface area (Å²) in [6, 6.07) is 5.21. The molecule has 1 heterocycles. The highest BCUT2D eigenvalue weighted by Gasteiger charge is 2.27. The summed E-state index contributed by atoms with van der Waals surface area (Å²) < 4.78 is 0.842. The van der Waals surface area contributed by atoms with Crippen LogP contribution in [0.1, 0.15) is 23.2 Å². The molecule has 0 atom stereocenters. The van der Waals surface area contributed by atoms with Gasteiger partial charge in [0, 0.05) is 29.2 Å². The van der Waals surface area contributed by atoms with E-state index in [-0.39, 0.29) is 30.1 Å². The van der Waals surface area contributed by atoms with Crippen LogP contribution in [0.4, 0.5) is 5.69 Å². The van der Waals surface area contributed by atoms with Gasteiger partial charge in [-0.2, -0.15) is 0 Å². The van der Waals surface area contributed by atoms with Crippen molar-refractivity contribution < 1.29 is 9.59 Å². The number of nitrogens with two attached hydrogens (primary N) is 2. The van der Waals surface area contributed by atoms with Gasteiger partial charge >= 0.3 is 0 Å². The summed E-state index contributed by atoms with van der Waals surface area (Å²) in [5.41, 5.74) is 12.1. The minimum Gasteiger partial charge on any atom is -0.398 e. The van der Waals surface area contributed by atoms with Crippen LogP contribution < -0.4 is 11.5 Å². The third-order valence-electron chi connectivity index (χ3n) is 3.43. The fourth-order valence-corrected chi connectivity index (χ4v) is 2.64. The highest BCUT2D eigenvalue weighted by atomic mass is 79.9. The first-order valence-electron chi connectivity index (χ1n) is 6.12. The number of nitrogen functional groups attached to an aromatic ring is 1. The standard InChI is InChI=1S/C13H16BrN3O2.ClH/c14-9-1-2-10(11(15)7-9)13(19)17-5-3-8(4-6-17)12(16)18;/h1-2,7-8H,3-6,15H2,(H2,16,18);1H. The van der Waals surface area contributed by atoms with Crippen molar-refractivity contribution in [1.29, 1.82) is 0 Å². The summed E-state index contributed by atoms with van der Waals surface area (Å²) in [6.45, 7) is 1.09. The molecule has 1 aromatic carbocycles. The Bertz CT molecular complexity index is 516. The zero-order chi connectivity index (χ0) is 14.0. The van der Waals surface area contributed by atoms with Crippen molar-refractivity contribution in [3.63, 3.8) is 0 Å². The third-order valence-corrected chi connectivity index (χ3v) is 3.92. The lowest BCUT2D eigenvalue weighted by Crippen LogP contribution is -2.41. The highest BCUT2D eigenvalue weighted by Crippen LogP contribution is 2.23. The van der Waals surface area contributed by atoms with Gasteiger partial charge in [0.2, 0.25) is 5.91 Å². The number of halogens is 2. The lowest BCUT2D eigenvalue weighted by molar-refractivity contribution is -0.123. The first-order valence-corrected chi connectivity index (χ1v) is 6.92. The number of anilines is 1. The Morgan fingerprint density at radius 2 is 1.85 bits per heavy atom. The second-order valence-electron chi connectivity index (χ2n) is 4.70. The zero-order valence-electron chi connectivity index (χ0n) is 10.8. The van der Waals surface area contributed by atoms with Crippen molar-refractivity contribution in [2.75, 3.05) is 18.8 Å². The van der Waals surface area contributed by atoms with Crippen molar-refractivity contribution in [2.45, 2.75) is 12.8 Å². The van der Waals surface area contributed by atoms with E-state index in [1.807, 2.05) is 0 Å². The van der Waals surface area contributed by atoms with E-state index in [2.05, 4.69) is 15.9 Å². The van der Waals surface area contributed by atoms with Gasteiger partial charge in [0.25, 0.3) is 5.91 Å². The van der Waals surface area contributed by atoms with Crippen LogP contribution in [0.3, 0.4) is 0 Å². The van der Waals surface area contributed by atoms with Gasteiger partial charge in [-0.3, -0.25) is 9.59 Å². The number of amides is 2. The molecular weight excluding hydrogens is 346 g/mol. The van der Waals surface area contributed by atoms with Gasteiger partial charge in [-0.1, -0.05) is 15.9 Å². The summed E-state index contributed by atoms with van der Waals surface area (Å²) in [7, 11) is 0. The number of rotatable bonds is 2. The molecule has 1 saturated heterocycles. The number of piperidine rings is 1. The minimum absolute atomic E-state index is 0. The Morgan fingerprint density at radius 1 is 1.25 bits per heavy atom. The average Bonchev–Trinajstić information content (AvgIpc) is 2.38. The number of carbonyl (C=O) groups excluding carboxylic acids is 2. The highest BCUT2D eigenvalue weighted by molar-refractivity contribution is 9.10. The zero-order valence-corrected chi connectivity index (χ0v) is 13.2. The third kappa shape index (κ3) is 3.64. The minimum atomic E-state index is -0.282. The molecule has 110 valence electrons. The number of carbonyl (C=O) groups is 2.